The van der Waals surface area contributed by atoms with Crippen molar-refractivity contribution in [3.63, 3.8) is 0 Å². The molecule has 3 rings (SSSR count). The number of benzene rings is 1. The van der Waals surface area contributed by atoms with E-state index in [9.17, 15) is 4.79 Å². The first-order valence-corrected chi connectivity index (χ1v) is 6.73. The Hall–Kier alpha value is -2.51. The van der Waals surface area contributed by atoms with Crippen LogP contribution in [0.4, 0.5) is 0 Å². The Kier molecular flexibility index (Phi) is 3.76. The van der Waals surface area contributed by atoms with Gasteiger partial charge in [-0.05, 0) is 11.1 Å². The standard InChI is InChI=1S/C17H15NO3/c1-2-7-20-17-12-21-15(8-16(17)19)11-18-9-13-5-3-4-6-14(13)10-18/h1,3-6,8,12H,7,9-11H2. The van der Waals surface area contributed by atoms with Crippen LogP contribution in [0.5, 0.6) is 5.75 Å². The lowest BCUT2D eigenvalue weighted by Gasteiger charge is -2.13. The van der Waals surface area contributed by atoms with E-state index in [0.717, 1.165) is 13.1 Å². The lowest BCUT2D eigenvalue weighted by Crippen LogP contribution is -2.17. The van der Waals surface area contributed by atoms with E-state index in [2.05, 4.69) is 23.0 Å². The lowest BCUT2D eigenvalue weighted by atomic mass is 10.1. The minimum atomic E-state index is -0.205. The van der Waals surface area contributed by atoms with Gasteiger partial charge in [-0.3, -0.25) is 9.69 Å². The first-order valence-electron chi connectivity index (χ1n) is 6.73. The van der Waals surface area contributed by atoms with Crippen LogP contribution in [0.15, 0.2) is 45.8 Å². The fourth-order valence-electron chi connectivity index (χ4n) is 2.48. The van der Waals surface area contributed by atoms with Gasteiger partial charge in [0.15, 0.2) is 0 Å². The molecule has 0 spiro atoms. The molecule has 0 saturated carbocycles. The Balaban J connectivity index is 1.68. The van der Waals surface area contributed by atoms with Crippen molar-refractivity contribution < 1.29 is 9.15 Å². The summed E-state index contributed by atoms with van der Waals surface area (Å²) in [5.74, 6) is 3.10. The molecule has 1 aliphatic rings. The van der Waals surface area contributed by atoms with E-state index in [4.69, 9.17) is 15.6 Å². The number of fused-ring (bicyclic) bond motifs is 1. The molecule has 0 radical (unpaired) electrons. The Labute approximate surface area is 123 Å². The third-order valence-corrected chi connectivity index (χ3v) is 3.45. The van der Waals surface area contributed by atoms with Crippen molar-refractivity contribution in [2.75, 3.05) is 6.61 Å². The molecule has 1 aliphatic heterocycles. The van der Waals surface area contributed by atoms with Crippen molar-refractivity contribution >= 4 is 0 Å². The van der Waals surface area contributed by atoms with E-state index in [-0.39, 0.29) is 17.8 Å². The van der Waals surface area contributed by atoms with Gasteiger partial charge in [-0.2, -0.15) is 0 Å². The van der Waals surface area contributed by atoms with Crippen molar-refractivity contribution in [3.8, 4) is 18.1 Å². The average molecular weight is 281 g/mol. The molecule has 0 N–H and O–H groups in total. The van der Waals surface area contributed by atoms with Crippen LogP contribution < -0.4 is 10.2 Å². The maximum Gasteiger partial charge on any atom is 0.227 e. The summed E-state index contributed by atoms with van der Waals surface area (Å²) in [4.78, 5) is 14.1. The van der Waals surface area contributed by atoms with Gasteiger partial charge >= 0.3 is 0 Å². The van der Waals surface area contributed by atoms with Gasteiger partial charge in [0.1, 0.15) is 18.6 Å². The summed E-state index contributed by atoms with van der Waals surface area (Å²) in [7, 11) is 0. The molecule has 1 aromatic carbocycles. The SMILES string of the molecule is C#CCOc1coc(CN2Cc3ccccc3C2)cc1=O. The van der Waals surface area contributed by atoms with Crippen LogP contribution in [-0.4, -0.2) is 11.5 Å². The minimum absolute atomic E-state index is 0.0611. The third kappa shape index (κ3) is 2.99. The number of terminal acetylenes is 1. The molecule has 0 saturated heterocycles. The van der Waals surface area contributed by atoms with Crippen LogP contribution in [-0.2, 0) is 19.6 Å². The largest absolute Gasteiger partial charge is 0.474 e. The molecule has 0 atom stereocenters. The molecule has 0 aliphatic carbocycles. The summed E-state index contributed by atoms with van der Waals surface area (Å²) >= 11 is 0. The summed E-state index contributed by atoms with van der Waals surface area (Å²) in [6.45, 7) is 2.40. The zero-order valence-corrected chi connectivity index (χ0v) is 11.5. The maximum atomic E-state index is 11.9. The van der Waals surface area contributed by atoms with Crippen LogP contribution in [0.3, 0.4) is 0 Å². The topological polar surface area (TPSA) is 42.7 Å². The highest BCUT2D eigenvalue weighted by Crippen LogP contribution is 2.23. The van der Waals surface area contributed by atoms with Crippen molar-refractivity contribution in [2.24, 2.45) is 0 Å². The van der Waals surface area contributed by atoms with Gasteiger partial charge in [-0.15, -0.1) is 6.42 Å². The second-order valence-electron chi connectivity index (χ2n) is 4.98. The molecule has 2 aromatic rings. The summed E-state index contributed by atoms with van der Waals surface area (Å²) < 4.78 is 10.6. The van der Waals surface area contributed by atoms with E-state index in [1.165, 1.54) is 23.5 Å². The van der Waals surface area contributed by atoms with Gasteiger partial charge in [0, 0.05) is 19.2 Å². The fraction of sp³-hybridized carbons (Fsp3) is 0.235. The number of nitrogens with zero attached hydrogens (tertiary/aromatic N) is 1. The van der Waals surface area contributed by atoms with Crippen LogP contribution in [0.1, 0.15) is 16.9 Å². The van der Waals surface area contributed by atoms with E-state index < -0.39 is 0 Å². The highest BCUT2D eigenvalue weighted by Gasteiger charge is 2.19. The molecule has 106 valence electrons. The zero-order valence-electron chi connectivity index (χ0n) is 11.5. The van der Waals surface area contributed by atoms with Gasteiger partial charge in [-0.1, -0.05) is 30.2 Å². The second-order valence-corrected chi connectivity index (χ2v) is 4.98. The molecule has 4 heteroatoms. The monoisotopic (exact) mass is 281 g/mol. The number of hydrogen-bond donors (Lipinski definition) is 0. The van der Waals surface area contributed by atoms with Crippen molar-refractivity contribution in [2.45, 2.75) is 19.6 Å². The first kappa shape index (κ1) is 13.5. The van der Waals surface area contributed by atoms with Gasteiger partial charge in [-0.25, -0.2) is 0 Å². The van der Waals surface area contributed by atoms with Gasteiger partial charge in [0.05, 0.1) is 6.54 Å². The quantitative estimate of drug-likeness (QED) is 0.806. The predicted octanol–water partition coefficient (Wildman–Crippen LogP) is 2.17. The zero-order chi connectivity index (χ0) is 14.7. The summed E-state index contributed by atoms with van der Waals surface area (Å²) in [6.07, 6.45) is 6.42. The summed E-state index contributed by atoms with van der Waals surface area (Å²) in [6, 6.07) is 9.81. The van der Waals surface area contributed by atoms with Gasteiger partial charge < -0.3 is 9.15 Å². The highest BCUT2D eigenvalue weighted by atomic mass is 16.5. The summed E-state index contributed by atoms with van der Waals surface area (Å²) in [5.41, 5.74) is 2.45. The molecule has 0 bridgehead atoms. The second kappa shape index (κ2) is 5.86. The first-order chi connectivity index (χ1) is 10.3. The fourth-order valence-corrected chi connectivity index (χ4v) is 2.48. The van der Waals surface area contributed by atoms with E-state index >= 15 is 0 Å². The van der Waals surface area contributed by atoms with E-state index in [1.54, 1.807) is 0 Å². The summed E-state index contributed by atoms with van der Waals surface area (Å²) in [5, 5.41) is 0. The molecule has 1 aromatic heterocycles. The van der Waals surface area contributed by atoms with Crippen molar-refractivity contribution in [3.05, 3.63) is 63.7 Å². The van der Waals surface area contributed by atoms with E-state index in [0.29, 0.717) is 12.3 Å². The molecule has 0 amide bonds. The number of ether oxygens (including phenoxy) is 1. The van der Waals surface area contributed by atoms with Crippen LogP contribution in [0.25, 0.3) is 0 Å². The third-order valence-electron chi connectivity index (χ3n) is 3.45. The van der Waals surface area contributed by atoms with Crippen molar-refractivity contribution in [1.29, 1.82) is 0 Å². The number of hydrogen-bond acceptors (Lipinski definition) is 4. The lowest BCUT2D eigenvalue weighted by molar-refractivity contribution is 0.244. The average Bonchev–Trinajstić information content (AvgIpc) is 2.88. The highest BCUT2D eigenvalue weighted by molar-refractivity contribution is 5.30. The van der Waals surface area contributed by atoms with Gasteiger partial charge in [0.2, 0.25) is 11.2 Å². The number of rotatable bonds is 4. The molecular formula is C17H15NO3. The minimum Gasteiger partial charge on any atom is -0.474 e. The molecule has 0 fully saturated rings. The molecule has 0 unspecified atom stereocenters. The Morgan fingerprint density at radius 2 is 2.00 bits per heavy atom. The van der Waals surface area contributed by atoms with Crippen molar-refractivity contribution in [1.82, 2.24) is 4.90 Å². The predicted molar refractivity (Wildman–Crippen MR) is 78.7 cm³/mol. The van der Waals surface area contributed by atoms with E-state index in [1.807, 2.05) is 12.1 Å². The van der Waals surface area contributed by atoms with Crippen LogP contribution >= 0.6 is 0 Å². The Bertz CT molecular complexity index is 717. The normalized spacial score (nSPS) is 13.7. The smallest absolute Gasteiger partial charge is 0.227 e. The Morgan fingerprint density at radius 3 is 2.62 bits per heavy atom. The van der Waals surface area contributed by atoms with Gasteiger partial charge in [0.25, 0.3) is 0 Å². The van der Waals surface area contributed by atoms with Crippen LogP contribution in [0.2, 0.25) is 0 Å². The molecule has 4 nitrogen and oxygen atoms in total. The van der Waals surface area contributed by atoms with Crippen LogP contribution in [0, 0.1) is 12.3 Å². The molecular weight excluding hydrogens is 266 g/mol. The molecule has 21 heavy (non-hydrogen) atoms. The Morgan fingerprint density at radius 1 is 1.29 bits per heavy atom. The molecule has 2 heterocycles. The maximum absolute atomic E-state index is 11.9.